The largest absolute Gasteiger partial charge is 0.508 e. The molecule has 0 aliphatic rings. The molecule has 19 heavy (non-hydrogen) atoms. The summed E-state index contributed by atoms with van der Waals surface area (Å²) >= 11 is 0. The number of benzene rings is 2. The molecule has 0 aliphatic carbocycles. The monoisotopic (exact) mass is 275 g/mol. The first-order chi connectivity index (χ1) is 8.99. The molecular weight excluding hydrogens is 260 g/mol. The summed E-state index contributed by atoms with van der Waals surface area (Å²) in [5, 5.41) is 9.18. The van der Waals surface area contributed by atoms with Gasteiger partial charge in [-0.3, -0.25) is 4.79 Å². The van der Waals surface area contributed by atoms with Crippen LogP contribution in [0.2, 0.25) is 0 Å². The summed E-state index contributed by atoms with van der Waals surface area (Å²) in [6, 6.07) is 15.0. The Hall–Kier alpha value is -1.94. The molecule has 0 aliphatic heterocycles. The van der Waals surface area contributed by atoms with Gasteiger partial charge >= 0.3 is 0 Å². The molecule has 3 nitrogen and oxygen atoms in total. The van der Waals surface area contributed by atoms with Crippen LogP contribution in [0.5, 0.6) is 5.75 Å². The maximum Gasteiger partial charge on any atom is 0.212 e. The van der Waals surface area contributed by atoms with Crippen LogP contribution in [0.25, 0.3) is 0 Å². The number of phenolic OH excluding ortho intramolecular Hbond substituents is 1. The third-order valence-electron chi connectivity index (χ3n) is 2.84. The van der Waals surface area contributed by atoms with Crippen molar-refractivity contribution in [2.45, 2.75) is 4.90 Å². The fraction of sp³-hybridized carbons (Fsp3) is 0.133. The second-order valence-electron chi connectivity index (χ2n) is 4.43. The normalized spacial score (nSPS) is 13.7. The maximum absolute atomic E-state index is 12.6. The van der Waals surface area contributed by atoms with Gasteiger partial charge in [0.2, 0.25) is 5.78 Å². The zero-order valence-corrected chi connectivity index (χ0v) is 11.4. The van der Waals surface area contributed by atoms with Gasteiger partial charge < -0.3 is 5.11 Å². The predicted molar refractivity (Wildman–Crippen MR) is 76.0 cm³/mol. The average molecular weight is 275 g/mol. The fourth-order valence-corrected chi connectivity index (χ4v) is 3.34. The van der Waals surface area contributed by atoms with E-state index in [-0.39, 0.29) is 17.3 Å². The Labute approximate surface area is 113 Å². The van der Waals surface area contributed by atoms with Gasteiger partial charge in [0.25, 0.3) is 0 Å². The summed E-state index contributed by atoms with van der Waals surface area (Å²) in [6.45, 7) is 0. The molecule has 4 heteroatoms. The van der Waals surface area contributed by atoms with E-state index in [0.717, 1.165) is 0 Å². The van der Waals surface area contributed by atoms with Crippen LogP contribution in [0.3, 0.4) is 0 Å². The lowest BCUT2D eigenvalue weighted by atomic mass is 10.1. The van der Waals surface area contributed by atoms with Gasteiger partial charge in [-0.2, -0.15) is 0 Å². The Morgan fingerprint density at radius 1 is 1.05 bits per heavy atom. The van der Waals surface area contributed by atoms with Crippen molar-refractivity contribution < 1.29 is 14.1 Å². The molecule has 1 atom stereocenters. The third kappa shape index (κ3) is 3.29. The van der Waals surface area contributed by atoms with Crippen LogP contribution in [0.1, 0.15) is 10.4 Å². The van der Waals surface area contributed by atoms with E-state index in [2.05, 4.69) is 0 Å². The van der Waals surface area contributed by atoms with Crippen LogP contribution in [0, 0.1) is 0 Å². The molecular formula is C15H15O3S+. The molecule has 1 unspecified atom stereocenters. The lowest BCUT2D eigenvalue weighted by molar-refractivity contribution is 0.102. The Kier molecular flexibility index (Phi) is 3.81. The average Bonchev–Trinajstić information content (AvgIpc) is 2.40. The van der Waals surface area contributed by atoms with Crippen molar-refractivity contribution in [1.29, 1.82) is 0 Å². The molecule has 0 heterocycles. The van der Waals surface area contributed by atoms with E-state index in [1.807, 2.05) is 18.2 Å². The van der Waals surface area contributed by atoms with E-state index >= 15 is 0 Å². The Morgan fingerprint density at radius 2 is 1.63 bits per heavy atom. The molecule has 0 bridgehead atoms. The summed E-state index contributed by atoms with van der Waals surface area (Å²) in [6.07, 6.45) is 1.60. The molecule has 0 spiro atoms. The number of carbonyl (C=O) groups is 1. The molecule has 0 radical (unpaired) electrons. The number of rotatable bonds is 4. The van der Waals surface area contributed by atoms with Crippen LogP contribution in [0.15, 0.2) is 59.5 Å². The van der Waals surface area contributed by atoms with Crippen molar-refractivity contribution >= 4 is 15.7 Å². The minimum absolute atomic E-state index is 0.0260. The van der Waals surface area contributed by atoms with E-state index in [1.54, 1.807) is 18.4 Å². The Balaban J connectivity index is 2.19. The van der Waals surface area contributed by atoms with E-state index in [1.165, 1.54) is 24.3 Å². The summed E-state index contributed by atoms with van der Waals surface area (Å²) in [7, 11) is -2.38. The number of Topliss-reactive ketones (excluding diaryl/α,β-unsaturated/α-hetero) is 1. The SMILES string of the molecule is C[S+](=O)(CC(=O)c1ccc(O)cc1)c1ccccc1. The van der Waals surface area contributed by atoms with Gasteiger partial charge in [-0.15, -0.1) is 0 Å². The minimum atomic E-state index is -2.38. The highest BCUT2D eigenvalue weighted by Crippen LogP contribution is 2.19. The first-order valence-corrected chi connectivity index (χ1v) is 7.97. The van der Waals surface area contributed by atoms with Crippen molar-refractivity contribution in [2.75, 3.05) is 12.0 Å². The quantitative estimate of drug-likeness (QED) is 0.689. The van der Waals surface area contributed by atoms with E-state index in [9.17, 15) is 14.1 Å². The van der Waals surface area contributed by atoms with Gasteiger partial charge in [0, 0.05) is 5.56 Å². The molecule has 0 aromatic heterocycles. The first-order valence-electron chi connectivity index (χ1n) is 5.83. The molecule has 0 saturated carbocycles. The molecule has 2 aromatic rings. The molecule has 1 N–H and O–H groups in total. The molecule has 2 aromatic carbocycles. The van der Waals surface area contributed by atoms with Gasteiger partial charge in [-0.25, -0.2) is 0 Å². The van der Waals surface area contributed by atoms with Crippen LogP contribution < -0.4 is 0 Å². The van der Waals surface area contributed by atoms with Gasteiger partial charge in [-0.1, -0.05) is 22.4 Å². The van der Waals surface area contributed by atoms with E-state index in [4.69, 9.17) is 0 Å². The van der Waals surface area contributed by atoms with Crippen molar-refractivity contribution in [2.24, 2.45) is 0 Å². The molecule has 0 amide bonds. The highest BCUT2D eigenvalue weighted by molar-refractivity contribution is 8.03. The zero-order valence-electron chi connectivity index (χ0n) is 10.6. The van der Waals surface area contributed by atoms with Crippen LogP contribution >= 0.6 is 0 Å². The summed E-state index contributed by atoms with van der Waals surface area (Å²) in [5.41, 5.74) is 0.461. The predicted octanol–water partition coefficient (Wildman–Crippen LogP) is 2.76. The number of carbonyl (C=O) groups excluding carboxylic acids is 1. The minimum Gasteiger partial charge on any atom is -0.508 e. The van der Waals surface area contributed by atoms with Crippen LogP contribution in [0.4, 0.5) is 0 Å². The number of phenols is 1. The summed E-state index contributed by atoms with van der Waals surface area (Å²) < 4.78 is 12.6. The van der Waals surface area contributed by atoms with Crippen molar-refractivity contribution in [1.82, 2.24) is 0 Å². The number of aromatic hydroxyl groups is 1. The molecule has 0 fully saturated rings. The van der Waals surface area contributed by atoms with Crippen LogP contribution in [-0.4, -0.2) is 22.9 Å². The molecule has 98 valence electrons. The highest BCUT2D eigenvalue weighted by atomic mass is 32.2. The number of hydrogen-bond donors (Lipinski definition) is 1. The van der Waals surface area contributed by atoms with Gasteiger partial charge in [-0.05, 0) is 36.4 Å². The maximum atomic E-state index is 12.6. The van der Waals surface area contributed by atoms with E-state index < -0.39 is 9.93 Å². The van der Waals surface area contributed by atoms with Crippen molar-refractivity contribution in [3.05, 3.63) is 60.2 Å². The van der Waals surface area contributed by atoms with Crippen molar-refractivity contribution in [3.8, 4) is 5.75 Å². The zero-order chi connectivity index (χ0) is 13.9. The smallest absolute Gasteiger partial charge is 0.212 e. The Bertz CT molecular complexity index is 618. The van der Waals surface area contributed by atoms with E-state index in [0.29, 0.717) is 10.5 Å². The summed E-state index contributed by atoms with van der Waals surface area (Å²) in [5.74, 6) is -0.102. The second-order valence-corrected chi connectivity index (χ2v) is 7.20. The number of ketones is 1. The highest BCUT2D eigenvalue weighted by Gasteiger charge is 2.28. The second kappa shape index (κ2) is 5.36. The standard InChI is InChI=1S/C15H14O3S/c1-19(18,14-5-3-2-4-6-14)11-15(17)12-7-9-13(16)10-8-12/h2-10H,11H2,1H3/p+1. The topological polar surface area (TPSA) is 54.4 Å². The Morgan fingerprint density at radius 3 is 2.21 bits per heavy atom. The molecule has 2 rings (SSSR count). The van der Waals surface area contributed by atoms with Crippen molar-refractivity contribution in [3.63, 3.8) is 0 Å². The number of hydrogen-bond acceptors (Lipinski definition) is 3. The van der Waals surface area contributed by atoms with Gasteiger partial charge in [0.1, 0.15) is 21.9 Å². The lowest BCUT2D eigenvalue weighted by Crippen LogP contribution is -2.21. The third-order valence-corrected chi connectivity index (χ3v) is 4.92. The lowest BCUT2D eigenvalue weighted by Gasteiger charge is -2.06. The van der Waals surface area contributed by atoms with Gasteiger partial charge in [0.15, 0.2) is 10.6 Å². The fourth-order valence-electron chi connectivity index (χ4n) is 1.77. The molecule has 0 saturated heterocycles. The van der Waals surface area contributed by atoms with Crippen LogP contribution in [-0.2, 0) is 14.1 Å². The summed E-state index contributed by atoms with van der Waals surface area (Å²) in [4.78, 5) is 12.8. The first kappa shape index (κ1) is 13.5. The van der Waals surface area contributed by atoms with Gasteiger partial charge in [0.05, 0.1) is 0 Å².